The lowest BCUT2D eigenvalue weighted by atomic mass is 9.99. The first-order valence-corrected chi connectivity index (χ1v) is 7.41. The highest BCUT2D eigenvalue weighted by Crippen LogP contribution is 2.24. The topological polar surface area (TPSA) is 96.8 Å². The summed E-state index contributed by atoms with van der Waals surface area (Å²) in [6, 6.07) is 15.3. The molecule has 2 heterocycles. The van der Waals surface area contributed by atoms with E-state index in [9.17, 15) is 10.4 Å². The SMILES string of the molecule is O/N=C(\C(=N\O)c1c[nH]c2ccccc12)c1c[nH]c2ccccc12. The third-order valence-electron chi connectivity index (χ3n) is 4.11. The molecule has 4 aromatic rings. The average Bonchev–Trinajstić information content (AvgIpc) is 3.24. The molecule has 6 nitrogen and oxygen atoms in total. The Hall–Kier alpha value is -3.54. The molecule has 0 bridgehead atoms. The minimum atomic E-state index is 0.194. The van der Waals surface area contributed by atoms with Crippen LogP contribution in [-0.2, 0) is 0 Å². The number of para-hydroxylation sites is 2. The zero-order valence-corrected chi connectivity index (χ0v) is 12.6. The molecule has 118 valence electrons. The van der Waals surface area contributed by atoms with Crippen LogP contribution in [0, 0.1) is 0 Å². The van der Waals surface area contributed by atoms with Crippen LogP contribution in [0.15, 0.2) is 71.2 Å². The van der Waals surface area contributed by atoms with E-state index in [4.69, 9.17) is 0 Å². The van der Waals surface area contributed by atoms with Crippen molar-refractivity contribution in [1.82, 2.24) is 9.97 Å². The quantitative estimate of drug-likeness (QED) is 0.263. The molecule has 0 aliphatic carbocycles. The average molecular weight is 318 g/mol. The normalized spacial score (nSPS) is 13.0. The first-order chi connectivity index (χ1) is 11.8. The Labute approximate surface area is 136 Å². The van der Waals surface area contributed by atoms with E-state index >= 15 is 0 Å². The molecule has 0 aliphatic heterocycles. The Balaban J connectivity index is 1.91. The maximum absolute atomic E-state index is 9.60. The highest BCUT2D eigenvalue weighted by Gasteiger charge is 2.21. The van der Waals surface area contributed by atoms with Crippen molar-refractivity contribution in [3.63, 3.8) is 0 Å². The van der Waals surface area contributed by atoms with E-state index in [1.54, 1.807) is 12.4 Å². The summed E-state index contributed by atoms with van der Waals surface area (Å²) >= 11 is 0. The summed E-state index contributed by atoms with van der Waals surface area (Å²) in [7, 11) is 0. The molecule has 2 aromatic heterocycles. The van der Waals surface area contributed by atoms with Crippen LogP contribution in [0.1, 0.15) is 11.1 Å². The summed E-state index contributed by atoms with van der Waals surface area (Å²) in [5, 5.41) is 27.8. The zero-order valence-electron chi connectivity index (χ0n) is 12.6. The number of aromatic amines is 2. The fourth-order valence-electron chi connectivity index (χ4n) is 2.99. The number of nitrogens with one attached hydrogen (secondary N) is 2. The third-order valence-corrected chi connectivity index (χ3v) is 4.11. The molecule has 0 radical (unpaired) electrons. The van der Waals surface area contributed by atoms with Crippen molar-refractivity contribution < 1.29 is 10.4 Å². The van der Waals surface area contributed by atoms with Gasteiger partial charge in [-0.3, -0.25) is 0 Å². The number of aromatic nitrogens is 2. The first kappa shape index (κ1) is 14.1. The minimum Gasteiger partial charge on any atom is -0.410 e. The zero-order chi connectivity index (χ0) is 16.5. The van der Waals surface area contributed by atoms with Crippen molar-refractivity contribution in [2.75, 3.05) is 0 Å². The third kappa shape index (κ3) is 2.04. The molecule has 0 unspecified atom stereocenters. The summed E-state index contributed by atoms with van der Waals surface area (Å²) in [6.45, 7) is 0. The van der Waals surface area contributed by atoms with Crippen LogP contribution in [0.25, 0.3) is 21.8 Å². The number of rotatable bonds is 3. The van der Waals surface area contributed by atoms with Crippen molar-refractivity contribution in [2.24, 2.45) is 10.3 Å². The standard InChI is InChI=1S/C18H14N4O2/c23-21-17(13-9-19-15-7-3-1-5-11(13)15)18(22-24)14-10-20-16-8-4-2-6-12(14)16/h1-10,19-20,23-24H/b21-17-,22-18+. The molecule has 0 saturated carbocycles. The molecule has 4 rings (SSSR count). The number of hydrogen-bond acceptors (Lipinski definition) is 4. The van der Waals surface area contributed by atoms with E-state index < -0.39 is 0 Å². The number of fused-ring (bicyclic) bond motifs is 2. The van der Waals surface area contributed by atoms with Crippen molar-refractivity contribution in [3.8, 4) is 0 Å². The molecule has 6 heteroatoms. The second-order valence-corrected chi connectivity index (χ2v) is 5.39. The minimum absolute atomic E-state index is 0.194. The van der Waals surface area contributed by atoms with Gasteiger partial charge < -0.3 is 20.4 Å². The van der Waals surface area contributed by atoms with Gasteiger partial charge in [-0.25, -0.2) is 0 Å². The monoisotopic (exact) mass is 318 g/mol. The van der Waals surface area contributed by atoms with Crippen LogP contribution < -0.4 is 0 Å². The van der Waals surface area contributed by atoms with Crippen LogP contribution in [0.3, 0.4) is 0 Å². The van der Waals surface area contributed by atoms with Crippen LogP contribution in [0.4, 0.5) is 0 Å². The fourth-order valence-corrected chi connectivity index (χ4v) is 2.99. The Bertz CT molecular complexity index is 1000. The molecule has 4 N–H and O–H groups in total. The number of oxime groups is 2. The molecule has 0 amide bonds. The Kier molecular flexibility index (Phi) is 3.28. The van der Waals surface area contributed by atoms with Gasteiger partial charge in [-0.05, 0) is 12.1 Å². The maximum atomic E-state index is 9.60. The van der Waals surface area contributed by atoms with Crippen LogP contribution >= 0.6 is 0 Å². The number of benzene rings is 2. The highest BCUT2D eigenvalue weighted by atomic mass is 16.4. The molecule has 2 aromatic carbocycles. The van der Waals surface area contributed by atoms with Gasteiger partial charge in [0.15, 0.2) is 0 Å². The second-order valence-electron chi connectivity index (χ2n) is 5.39. The van der Waals surface area contributed by atoms with E-state index in [0.717, 1.165) is 21.8 Å². The predicted molar refractivity (Wildman–Crippen MR) is 93.2 cm³/mol. The van der Waals surface area contributed by atoms with Crippen LogP contribution in [-0.4, -0.2) is 31.8 Å². The predicted octanol–water partition coefficient (Wildman–Crippen LogP) is 3.71. The van der Waals surface area contributed by atoms with Crippen molar-refractivity contribution in [1.29, 1.82) is 0 Å². The maximum Gasteiger partial charge on any atom is 0.141 e. The Morgan fingerprint density at radius 1 is 0.667 bits per heavy atom. The van der Waals surface area contributed by atoms with E-state index in [0.29, 0.717) is 11.1 Å². The molecular formula is C18H14N4O2. The molecule has 0 fully saturated rings. The van der Waals surface area contributed by atoms with E-state index in [2.05, 4.69) is 20.3 Å². The smallest absolute Gasteiger partial charge is 0.141 e. The van der Waals surface area contributed by atoms with Gasteiger partial charge >= 0.3 is 0 Å². The van der Waals surface area contributed by atoms with Crippen molar-refractivity contribution in [3.05, 3.63) is 72.1 Å². The fraction of sp³-hybridized carbons (Fsp3) is 0. The number of nitrogens with zero attached hydrogens (tertiary/aromatic N) is 2. The Morgan fingerprint density at radius 2 is 1.08 bits per heavy atom. The van der Waals surface area contributed by atoms with Gasteiger partial charge in [0.2, 0.25) is 0 Å². The first-order valence-electron chi connectivity index (χ1n) is 7.41. The molecule has 0 spiro atoms. The van der Waals surface area contributed by atoms with Crippen molar-refractivity contribution in [2.45, 2.75) is 0 Å². The summed E-state index contributed by atoms with van der Waals surface area (Å²) in [4.78, 5) is 6.26. The van der Waals surface area contributed by atoms with E-state index in [-0.39, 0.29) is 11.4 Å². The summed E-state index contributed by atoms with van der Waals surface area (Å²) in [5.74, 6) is 0. The van der Waals surface area contributed by atoms with Crippen molar-refractivity contribution >= 4 is 33.2 Å². The van der Waals surface area contributed by atoms with E-state index in [1.807, 2.05) is 48.5 Å². The lowest BCUT2D eigenvalue weighted by Crippen LogP contribution is -2.17. The molecule has 24 heavy (non-hydrogen) atoms. The lowest BCUT2D eigenvalue weighted by Gasteiger charge is -2.05. The van der Waals surface area contributed by atoms with Gasteiger partial charge in [-0.2, -0.15) is 0 Å². The van der Waals surface area contributed by atoms with Crippen LogP contribution in [0.5, 0.6) is 0 Å². The van der Waals surface area contributed by atoms with E-state index in [1.165, 1.54) is 0 Å². The lowest BCUT2D eigenvalue weighted by molar-refractivity contribution is 0.314. The highest BCUT2D eigenvalue weighted by molar-refractivity contribution is 6.56. The van der Waals surface area contributed by atoms with Gasteiger partial charge in [0.05, 0.1) is 0 Å². The van der Waals surface area contributed by atoms with Gasteiger partial charge in [0.1, 0.15) is 11.4 Å². The van der Waals surface area contributed by atoms with Crippen LogP contribution in [0.2, 0.25) is 0 Å². The van der Waals surface area contributed by atoms with Gasteiger partial charge in [0.25, 0.3) is 0 Å². The van der Waals surface area contributed by atoms with Gasteiger partial charge in [-0.1, -0.05) is 46.7 Å². The van der Waals surface area contributed by atoms with Gasteiger partial charge in [0, 0.05) is 45.3 Å². The Morgan fingerprint density at radius 3 is 1.50 bits per heavy atom. The van der Waals surface area contributed by atoms with Gasteiger partial charge in [-0.15, -0.1) is 0 Å². The molecule has 0 aliphatic rings. The largest absolute Gasteiger partial charge is 0.410 e. The summed E-state index contributed by atoms with van der Waals surface area (Å²) in [6.07, 6.45) is 3.47. The summed E-state index contributed by atoms with van der Waals surface area (Å²) < 4.78 is 0. The molecular weight excluding hydrogens is 304 g/mol. The number of H-pyrrole nitrogens is 2. The molecule has 0 atom stereocenters. The number of hydrogen-bond donors (Lipinski definition) is 4. The molecule has 0 saturated heterocycles. The summed E-state index contributed by atoms with van der Waals surface area (Å²) in [5.41, 5.74) is 3.52. The second kappa shape index (κ2) is 5.58.